The van der Waals surface area contributed by atoms with Crippen molar-refractivity contribution in [1.82, 2.24) is 0 Å². The number of carbonyl (C=O) groups is 1. The van der Waals surface area contributed by atoms with Crippen LogP contribution in [0, 0.1) is 12.3 Å². The lowest BCUT2D eigenvalue weighted by Gasteiger charge is -2.11. The summed E-state index contributed by atoms with van der Waals surface area (Å²) in [4.78, 5) is 11.5. The first-order chi connectivity index (χ1) is 7.67. The fraction of sp³-hybridized carbons (Fsp3) is 0.250. The van der Waals surface area contributed by atoms with Gasteiger partial charge in [0, 0.05) is 5.56 Å². The van der Waals surface area contributed by atoms with Crippen molar-refractivity contribution < 1.29 is 19.0 Å². The van der Waals surface area contributed by atoms with E-state index in [-0.39, 0.29) is 5.56 Å². The van der Waals surface area contributed by atoms with E-state index in [0.29, 0.717) is 17.1 Å². The number of ether oxygens (including phenoxy) is 3. The standard InChI is InChI=1S/C12H12O4/c1-5-8-6-9(14-2)11(12(13)16-4)10(7-8)15-3/h1,6-7H,2-4H3. The van der Waals surface area contributed by atoms with E-state index < -0.39 is 5.97 Å². The topological polar surface area (TPSA) is 44.8 Å². The fourth-order valence-electron chi connectivity index (χ4n) is 1.30. The third kappa shape index (κ3) is 2.09. The first-order valence-corrected chi connectivity index (χ1v) is 4.48. The number of methoxy groups -OCH3 is 3. The van der Waals surface area contributed by atoms with Crippen LogP contribution < -0.4 is 9.47 Å². The van der Waals surface area contributed by atoms with Crippen LogP contribution in [0.5, 0.6) is 11.5 Å². The molecule has 84 valence electrons. The Balaban J connectivity index is 3.44. The van der Waals surface area contributed by atoms with Crippen LogP contribution in [0.3, 0.4) is 0 Å². The molecule has 0 bridgehead atoms. The molecule has 0 aliphatic heterocycles. The molecule has 1 aromatic carbocycles. The van der Waals surface area contributed by atoms with Gasteiger partial charge in [0.1, 0.15) is 17.1 Å². The van der Waals surface area contributed by atoms with E-state index in [1.165, 1.54) is 21.3 Å². The van der Waals surface area contributed by atoms with E-state index in [4.69, 9.17) is 15.9 Å². The Morgan fingerprint density at radius 2 is 1.69 bits per heavy atom. The van der Waals surface area contributed by atoms with Crippen molar-refractivity contribution in [3.63, 3.8) is 0 Å². The summed E-state index contributed by atoms with van der Waals surface area (Å²) in [6.45, 7) is 0. The zero-order chi connectivity index (χ0) is 12.1. The zero-order valence-corrected chi connectivity index (χ0v) is 9.37. The van der Waals surface area contributed by atoms with Crippen LogP contribution in [0.25, 0.3) is 0 Å². The Bertz CT molecular complexity index is 418. The molecule has 0 saturated carbocycles. The van der Waals surface area contributed by atoms with Gasteiger partial charge in [0.25, 0.3) is 0 Å². The predicted molar refractivity (Wildman–Crippen MR) is 58.8 cm³/mol. The number of terminal acetylenes is 1. The van der Waals surface area contributed by atoms with Crippen molar-refractivity contribution in [3.05, 3.63) is 23.3 Å². The van der Waals surface area contributed by atoms with Crippen LogP contribution in [0.15, 0.2) is 12.1 Å². The molecule has 0 fully saturated rings. The number of rotatable bonds is 3. The summed E-state index contributed by atoms with van der Waals surface area (Å²) in [7, 11) is 4.18. The fourth-order valence-corrected chi connectivity index (χ4v) is 1.30. The maximum Gasteiger partial charge on any atom is 0.345 e. The summed E-state index contributed by atoms with van der Waals surface area (Å²) in [6, 6.07) is 3.16. The molecule has 0 spiro atoms. The molecular weight excluding hydrogens is 208 g/mol. The van der Waals surface area contributed by atoms with Crippen LogP contribution in [0.4, 0.5) is 0 Å². The van der Waals surface area contributed by atoms with Gasteiger partial charge in [-0.25, -0.2) is 4.79 Å². The van der Waals surface area contributed by atoms with Gasteiger partial charge in [-0.3, -0.25) is 0 Å². The highest BCUT2D eigenvalue weighted by Gasteiger charge is 2.19. The Morgan fingerprint density at radius 3 is 2.00 bits per heavy atom. The van der Waals surface area contributed by atoms with E-state index in [9.17, 15) is 4.79 Å². The smallest absolute Gasteiger partial charge is 0.345 e. The Morgan fingerprint density at radius 1 is 1.19 bits per heavy atom. The number of benzene rings is 1. The molecule has 0 aliphatic rings. The number of hydrogen-bond donors (Lipinski definition) is 0. The maximum absolute atomic E-state index is 11.5. The zero-order valence-electron chi connectivity index (χ0n) is 9.37. The highest BCUT2D eigenvalue weighted by molar-refractivity contribution is 5.96. The van der Waals surface area contributed by atoms with E-state index in [1.54, 1.807) is 12.1 Å². The minimum atomic E-state index is -0.530. The van der Waals surface area contributed by atoms with Gasteiger partial charge >= 0.3 is 5.97 Å². The largest absolute Gasteiger partial charge is 0.496 e. The molecule has 0 unspecified atom stereocenters. The van der Waals surface area contributed by atoms with Crippen LogP contribution in [-0.2, 0) is 4.74 Å². The maximum atomic E-state index is 11.5. The molecule has 0 radical (unpaired) electrons. The van der Waals surface area contributed by atoms with Crippen LogP contribution in [-0.4, -0.2) is 27.3 Å². The number of esters is 1. The first-order valence-electron chi connectivity index (χ1n) is 4.48. The van der Waals surface area contributed by atoms with Crippen LogP contribution in [0.2, 0.25) is 0 Å². The van der Waals surface area contributed by atoms with Crippen molar-refractivity contribution >= 4 is 5.97 Å². The molecular formula is C12H12O4. The molecule has 4 nitrogen and oxygen atoms in total. The van der Waals surface area contributed by atoms with Crippen LogP contribution in [0.1, 0.15) is 15.9 Å². The lowest BCUT2D eigenvalue weighted by Crippen LogP contribution is -2.07. The molecule has 0 heterocycles. The molecule has 0 saturated heterocycles. The molecule has 0 aromatic heterocycles. The predicted octanol–water partition coefficient (Wildman–Crippen LogP) is 1.47. The summed E-state index contributed by atoms with van der Waals surface area (Å²) in [6.07, 6.45) is 5.28. The van der Waals surface area contributed by atoms with Gasteiger partial charge in [0.05, 0.1) is 21.3 Å². The summed E-state index contributed by atoms with van der Waals surface area (Å²) < 4.78 is 14.8. The van der Waals surface area contributed by atoms with Gasteiger partial charge in [-0.05, 0) is 12.1 Å². The van der Waals surface area contributed by atoms with Gasteiger partial charge in [0.2, 0.25) is 0 Å². The second-order valence-corrected chi connectivity index (χ2v) is 2.89. The Hall–Kier alpha value is -2.15. The normalized spacial score (nSPS) is 9.12. The van der Waals surface area contributed by atoms with Crippen LogP contribution >= 0.6 is 0 Å². The van der Waals surface area contributed by atoms with E-state index in [2.05, 4.69) is 10.7 Å². The lowest BCUT2D eigenvalue weighted by atomic mass is 10.1. The summed E-state index contributed by atoms with van der Waals surface area (Å²) in [5, 5.41) is 0. The van der Waals surface area contributed by atoms with E-state index in [1.807, 2.05) is 0 Å². The van der Waals surface area contributed by atoms with Crippen molar-refractivity contribution in [1.29, 1.82) is 0 Å². The molecule has 0 N–H and O–H groups in total. The third-order valence-corrected chi connectivity index (χ3v) is 2.06. The highest BCUT2D eigenvalue weighted by atomic mass is 16.5. The lowest BCUT2D eigenvalue weighted by molar-refractivity contribution is 0.0593. The Labute approximate surface area is 94.1 Å². The molecule has 0 atom stereocenters. The van der Waals surface area contributed by atoms with Crippen molar-refractivity contribution in [3.8, 4) is 23.8 Å². The van der Waals surface area contributed by atoms with Gasteiger partial charge in [-0.2, -0.15) is 0 Å². The SMILES string of the molecule is C#Cc1cc(OC)c(C(=O)OC)c(OC)c1. The number of hydrogen-bond acceptors (Lipinski definition) is 4. The second-order valence-electron chi connectivity index (χ2n) is 2.89. The van der Waals surface area contributed by atoms with E-state index in [0.717, 1.165) is 0 Å². The second kappa shape index (κ2) is 5.08. The summed E-state index contributed by atoms with van der Waals surface area (Å²) in [5.41, 5.74) is 0.799. The monoisotopic (exact) mass is 220 g/mol. The van der Waals surface area contributed by atoms with Gasteiger partial charge in [-0.15, -0.1) is 6.42 Å². The van der Waals surface area contributed by atoms with Crippen molar-refractivity contribution in [2.45, 2.75) is 0 Å². The summed E-state index contributed by atoms with van der Waals surface area (Å²) in [5.74, 6) is 2.58. The Kier molecular flexibility index (Phi) is 3.78. The van der Waals surface area contributed by atoms with Gasteiger partial charge < -0.3 is 14.2 Å². The molecule has 1 rings (SSSR count). The molecule has 4 heteroatoms. The van der Waals surface area contributed by atoms with Gasteiger partial charge in [0.15, 0.2) is 0 Å². The van der Waals surface area contributed by atoms with Crippen molar-refractivity contribution in [2.24, 2.45) is 0 Å². The average molecular weight is 220 g/mol. The molecule has 1 aromatic rings. The van der Waals surface area contributed by atoms with Crippen molar-refractivity contribution in [2.75, 3.05) is 21.3 Å². The van der Waals surface area contributed by atoms with Gasteiger partial charge in [-0.1, -0.05) is 5.92 Å². The molecule has 0 aliphatic carbocycles. The minimum Gasteiger partial charge on any atom is -0.496 e. The molecule has 0 amide bonds. The number of carbonyl (C=O) groups excluding carboxylic acids is 1. The summed E-state index contributed by atoms with van der Waals surface area (Å²) >= 11 is 0. The molecule has 16 heavy (non-hydrogen) atoms. The average Bonchev–Trinajstić information content (AvgIpc) is 2.35. The highest BCUT2D eigenvalue weighted by Crippen LogP contribution is 2.30. The van der Waals surface area contributed by atoms with E-state index >= 15 is 0 Å². The first kappa shape index (κ1) is 11.9. The third-order valence-electron chi connectivity index (χ3n) is 2.06. The quantitative estimate of drug-likeness (QED) is 0.571. The minimum absolute atomic E-state index is 0.228.